The standard InChI is InChI=1S/C22H27N3O3/c1-3-4-17(2)21-18(16-26)15-25(23-21)20-7-5-19(6-8-20)24-11-9-22(10-12-24)27-13-14-28-22/h3-8,15,26H,1,9-14,16H2,2H3/b17-4+. The SMILES string of the molecule is C=C/C=C(\C)c1nn(-c2ccc(N3CCC4(CC3)OCCO4)cc2)cc1CO. The maximum atomic E-state index is 9.66. The van der Waals surface area contributed by atoms with Crippen LogP contribution in [0.4, 0.5) is 5.69 Å². The topological polar surface area (TPSA) is 59.8 Å². The molecule has 1 aromatic carbocycles. The fourth-order valence-corrected chi connectivity index (χ4v) is 3.95. The third-order valence-electron chi connectivity index (χ3n) is 5.52. The number of hydrogen-bond acceptors (Lipinski definition) is 5. The molecule has 6 heteroatoms. The molecule has 0 atom stereocenters. The van der Waals surface area contributed by atoms with Crippen molar-refractivity contribution < 1.29 is 14.6 Å². The zero-order valence-corrected chi connectivity index (χ0v) is 16.3. The maximum Gasteiger partial charge on any atom is 0.171 e. The van der Waals surface area contributed by atoms with Crippen LogP contribution in [0.15, 0.2) is 49.2 Å². The molecule has 0 saturated carbocycles. The molecule has 2 aromatic rings. The first-order valence-electron chi connectivity index (χ1n) is 9.76. The lowest BCUT2D eigenvalue weighted by Crippen LogP contribution is -2.45. The predicted octanol–water partition coefficient (Wildman–Crippen LogP) is 3.30. The molecule has 1 spiro atoms. The van der Waals surface area contributed by atoms with E-state index in [1.807, 2.05) is 23.9 Å². The summed E-state index contributed by atoms with van der Waals surface area (Å²) >= 11 is 0. The molecule has 28 heavy (non-hydrogen) atoms. The minimum Gasteiger partial charge on any atom is -0.392 e. The van der Waals surface area contributed by atoms with Crippen LogP contribution < -0.4 is 4.90 Å². The first-order valence-corrected chi connectivity index (χ1v) is 9.76. The number of allylic oxidation sites excluding steroid dienone is 3. The minimum absolute atomic E-state index is 0.0462. The fourth-order valence-electron chi connectivity index (χ4n) is 3.95. The second kappa shape index (κ2) is 7.91. The van der Waals surface area contributed by atoms with E-state index in [1.165, 1.54) is 5.69 Å². The van der Waals surface area contributed by atoms with Gasteiger partial charge in [0.2, 0.25) is 0 Å². The summed E-state index contributed by atoms with van der Waals surface area (Å²) in [5.41, 5.74) is 4.73. The molecule has 0 unspecified atom stereocenters. The summed E-state index contributed by atoms with van der Waals surface area (Å²) in [6.45, 7) is 8.91. The molecule has 148 valence electrons. The summed E-state index contributed by atoms with van der Waals surface area (Å²) in [7, 11) is 0. The Kier molecular flexibility index (Phi) is 5.35. The molecule has 2 aliphatic heterocycles. The van der Waals surface area contributed by atoms with Crippen molar-refractivity contribution in [2.24, 2.45) is 0 Å². The van der Waals surface area contributed by atoms with Crippen LogP contribution in [0.5, 0.6) is 0 Å². The number of nitrogens with zero attached hydrogens (tertiary/aromatic N) is 3. The van der Waals surface area contributed by atoms with Gasteiger partial charge in [-0.25, -0.2) is 4.68 Å². The van der Waals surface area contributed by atoms with Crippen LogP contribution >= 0.6 is 0 Å². The Morgan fingerprint density at radius 3 is 2.43 bits per heavy atom. The van der Waals surface area contributed by atoms with Crippen LogP contribution in [-0.2, 0) is 16.1 Å². The van der Waals surface area contributed by atoms with Crippen molar-refractivity contribution in [1.29, 1.82) is 0 Å². The van der Waals surface area contributed by atoms with E-state index < -0.39 is 0 Å². The summed E-state index contributed by atoms with van der Waals surface area (Å²) in [5.74, 6) is -0.348. The van der Waals surface area contributed by atoms with Gasteiger partial charge in [-0.15, -0.1) is 0 Å². The zero-order valence-electron chi connectivity index (χ0n) is 16.3. The van der Waals surface area contributed by atoms with Crippen molar-refractivity contribution in [3.63, 3.8) is 0 Å². The van der Waals surface area contributed by atoms with Gasteiger partial charge in [-0.2, -0.15) is 5.10 Å². The van der Waals surface area contributed by atoms with E-state index in [4.69, 9.17) is 9.47 Å². The van der Waals surface area contributed by atoms with Crippen LogP contribution in [0.2, 0.25) is 0 Å². The molecule has 1 N–H and O–H groups in total. The number of ether oxygens (including phenoxy) is 2. The average Bonchev–Trinajstić information content (AvgIpc) is 3.36. The maximum absolute atomic E-state index is 9.66. The fraction of sp³-hybridized carbons (Fsp3) is 0.409. The molecule has 0 bridgehead atoms. The highest BCUT2D eigenvalue weighted by molar-refractivity contribution is 5.65. The summed E-state index contributed by atoms with van der Waals surface area (Å²) in [4.78, 5) is 2.37. The van der Waals surface area contributed by atoms with Crippen molar-refractivity contribution in [1.82, 2.24) is 9.78 Å². The summed E-state index contributed by atoms with van der Waals surface area (Å²) in [6.07, 6.45) is 7.30. The average molecular weight is 381 g/mol. The lowest BCUT2D eigenvalue weighted by atomic mass is 10.0. The quantitative estimate of drug-likeness (QED) is 0.806. The highest BCUT2D eigenvalue weighted by Gasteiger charge is 2.39. The smallest absolute Gasteiger partial charge is 0.171 e. The Labute approximate surface area is 165 Å². The van der Waals surface area contributed by atoms with Crippen molar-refractivity contribution in [2.45, 2.75) is 32.2 Å². The monoisotopic (exact) mass is 381 g/mol. The Balaban J connectivity index is 1.49. The molecule has 3 heterocycles. The van der Waals surface area contributed by atoms with Crippen LogP contribution in [-0.4, -0.2) is 47.0 Å². The van der Waals surface area contributed by atoms with Crippen molar-refractivity contribution >= 4 is 11.3 Å². The lowest BCUT2D eigenvalue weighted by Gasteiger charge is -2.38. The molecule has 1 aromatic heterocycles. The number of piperidine rings is 1. The minimum atomic E-state index is -0.348. The molecular weight excluding hydrogens is 354 g/mol. The van der Waals surface area contributed by atoms with Crippen molar-refractivity contribution in [3.8, 4) is 5.69 Å². The van der Waals surface area contributed by atoms with E-state index in [0.29, 0.717) is 13.2 Å². The molecule has 4 rings (SSSR count). The molecule has 2 fully saturated rings. The zero-order chi connectivity index (χ0) is 19.6. The third-order valence-corrected chi connectivity index (χ3v) is 5.52. The molecule has 6 nitrogen and oxygen atoms in total. The number of aliphatic hydroxyl groups excluding tert-OH is 1. The Morgan fingerprint density at radius 2 is 1.82 bits per heavy atom. The van der Waals surface area contributed by atoms with E-state index in [2.05, 4.69) is 40.8 Å². The highest BCUT2D eigenvalue weighted by atomic mass is 16.7. The van der Waals surface area contributed by atoms with E-state index >= 15 is 0 Å². The van der Waals surface area contributed by atoms with Crippen LogP contribution in [0.3, 0.4) is 0 Å². The number of hydrogen-bond donors (Lipinski definition) is 1. The Morgan fingerprint density at radius 1 is 1.18 bits per heavy atom. The normalized spacial score (nSPS) is 19.4. The molecule has 0 radical (unpaired) electrons. The van der Waals surface area contributed by atoms with Gasteiger partial charge >= 0.3 is 0 Å². The van der Waals surface area contributed by atoms with Gasteiger partial charge in [-0.3, -0.25) is 0 Å². The molecular formula is C22H27N3O3. The van der Waals surface area contributed by atoms with Gasteiger partial charge in [0.05, 0.1) is 31.2 Å². The number of rotatable bonds is 5. The lowest BCUT2D eigenvalue weighted by molar-refractivity contribution is -0.169. The third kappa shape index (κ3) is 3.63. The second-order valence-electron chi connectivity index (χ2n) is 7.30. The Hall–Kier alpha value is -2.41. The van der Waals surface area contributed by atoms with Crippen LogP contribution in [0.1, 0.15) is 31.0 Å². The van der Waals surface area contributed by atoms with E-state index in [-0.39, 0.29) is 12.4 Å². The predicted molar refractivity (Wildman–Crippen MR) is 109 cm³/mol. The van der Waals surface area contributed by atoms with Gasteiger partial charge in [0.25, 0.3) is 0 Å². The van der Waals surface area contributed by atoms with Gasteiger partial charge in [-0.1, -0.05) is 18.7 Å². The number of anilines is 1. The first-order chi connectivity index (χ1) is 13.6. The molecule has 2 saturated heterocycles. The van der Waals surface area contributed by atoms with E-state index in [1.54, 1.807) is 6.08 Å². The van der Waals surface area contributed by atoms with E-state index in [0.717, 1.165) is 48.4 Å². The highest BCUT2D eigenvalue weighted by Crippen LogP contribution is 2.33. The molecule has 0 amide bonds. The largest absolute Gasteiger partial charge is 0.392 e. The summed E-state index contributed by atoms with van der Waals surface area (Å²) in [6, 6.07) is 8.37. The van der Waals surface area contributed by atoms with Gasteiger partial charge in [0.15, 0.2) is 5.79 Å². The number of benzene rings is 1. The van der Waals surface area contributed by atoms with E-state index in [9.17, 15) is 5.11 Å². The van der Waals surface area contributed by atoms with Gasteiger partial charge < -0.3 is 19.5 Å². The van der Waals surface area contributed by atoms with Crippen molar-refractivity contribution in [3.05, 3.63) is 60.5 Å². The number of aliphatic hydroxyl groups is 1. The van der Waals surface area contributed by atoms with Gasteiger partial charge in [0.1, 0.15) is 0 Å². The van der Waals surface area contributed by atoms with Crippen LogP contribution in [0.25, 0.3) is 11.3 Å². The molecule has 0 aliphatic carbocycles. The first kappa shape index (κ1) is 18.9. The number of aromatic nitrogens is 2. The summed E-state index contributed by atoms with van der Waals surface area (Å²) in [5, 5.41) is 14.3. The molecule has 2 aliphatic rings. The van der Waals surface area contributed by atoms with Gasteiger partial charge in [0, 0.05) is 43.4 Å². The van der Waals surface area contributed by atoms with Crippen LogP contribution in [0, 0.1) is 0 Å². The Bertz CT molecular complexity index is 854. The summed E-state index contributed by atoms with van der Waals surface area (Å²) < 4.78 is 13.4. The van der Waals surface area contributed by atoms with Gasteiger partial charge in [-0.05, 0) is 36.8 Å². The van der Waals surface area contributed by atoms with Crippen molar-refractivity contribution in [2.75, 3.05) is 31.2 Å². The second-order valence-corrected chi connectivity index (χ2v) is 7.30.